The molecule has 0 atom stereocenters. The Labute approximate surface area is 254 Å². The van der Waals surface area contributed by atoms with Gasteiger partial charge in [-0.2, -0.15) is 0 Å². The first-order chi connectivity index (χ1) is 20.2. The van der Waals surface area contributed by atoms with E-state index in [9.17, 15) is 0 Å². The van der Waals surface area contributed by atoms with Crippen LogP contribution < -0.4 is 11.5 Å². The standard InChI is InChI=1S/2C14H11N3.Cu.2NO3/c2*15-14-11-6-2-1-5-10(11)9-13(17-14)12-7-3-4-8-16-12;;2*2-1(3)4/h2*1-9H,(H2,15,17);;;/q;;+2;2*-1. The largest absolute Gasteiger partial charge is 2.00 e. The van der Waals surface area contributed by atoms with Gasteiger partial charge in [0, 0.05) is 23.2 Å². The molecule has 0 spiro atoms. The first kappa shape index (κ1) is 33.3. The van der Waals surface area contributed by atoms with Crippen LogP contribution in [0.2, 0.25) is 0 Å². The van der Waals surface area contributed by atoms with Crippen molar-refractivity contribution >= 4 is 33.2 Å². The topological polar surface area (TPSA) is 236 Å². The number of nitrogens with two attached hydrogens (primary N) is 2. The number of anilines is 2. The van der Waals surface area contributed by atoms with Crippen molar-refractivity contribution in [2.45, 2.75) is 0 Å². The summed E-state index contributed by atoms with van der Waals surface area (Å²) in [6.07, 6.45) is 3.50. The predicted molar refractivity (Wildman–Crippen MR) is 159 cm³/mol. The maximum Gasteiger partial charge on any atom is 2.00 e. The molecule has 4 aromatic heterocycles. The van der Waals surface area contributed by atoms with Gasteiger partial charge >= 0.3 is 17.1 Å². The van der Waals surface area contributed by atoms with Gasteiger partial charge in [0.1, 0.15) is 11.6 Å². The van der Waals surface area contributed by atoms with Crippen molar-refractivity contribution < 1.29 is 27.2 Å². The van der Waals surface area contributed by atoms with Crippen molar-refractivity contribution in [1.29, 1.82) is 0 Å². The number of aromatic nitrogens is 4. The second kappa shape index (κ2) is 16.4. The van der Waals surface area contributed by atoms with Gasteiger partial charge in [-0.1, -0.05) is 60.7 Å². The molecular weight excluding hydrogens is 608 g/mol. The molecule has 0 aliphatic heterocycles. The van der Waals surface area contributed by atoms with E-state index < -0.39 is 10.2 Å². The van der Waals surface area contributed by atoms with Crippen molar-refractivity contribution in [1.82, 2.24) is 19.9 Å². The van der Waals surface area contributed by atoms with Gasteiger partial charge in [0.2, 0.25) is 0 Å². The molecule has 0 fully saturated rings. The van der Waals surface area contributed by atoms with Crippen LogP contribution in [0.5, 0.6) is 0 Å². The summed E-state index contributed by atoms with van der Waals surface area (Å²) in [5.74, 6) is 1.09. The van der Waals surface area contributed by atoms with Crippen LogP contribution in [0.4, 0.5) is 11.6 Å². The van der Waals surface area contributed by atoms with Crippen molar-refractivity contribution in [3.8, 4) is 22.8 Å². The molecule has 6 rings (SSSR count). The minimum atomic E-state index is -1.75. The average Bonchev–Trinajstić information content (AvgIpc) is 2.98. The van der Waals surface area contributed by atoms with Gasteiger partial charge < -0.3 is 42.1 Å². The third-order valence-electron chi connectivity index (χ3n) is 5.39. The number of pyridine rings is 4. The SMILES string of the molecule is Nc1nc(-c2ccccn2)cc2ccccc12.Nc1nc(-c2ccccn2)cc2ccccc12.O=[N+]([O-])[O-].O=[N+]([O-])[O-].[Cu+2]. The zero-order valence-electron chi connectivity index (χ0n) is 22.0. The van der Waals surface area contributed by atoms with Crippen LogP contribution in [0.3, 0.4) is 0 Å². The van der Waals surface area contributed by atoms with E-state index in [1.54, 1.807) is 12.4 Å². The van der Waals surface area contributed by atoms with Crippen molar-refractivity contribution in [2.24, 2.45) is 0 Å². The summed E-state index contributed by atoms with van der Waals surface area (Å²) in [6.45, 7) is 0. The first-order valence-corrected chi connectivity index (χ1v) is 11.9. The normalized spacial score (nSPS) is 9.49. The summed E-state index contributed by atoms with van der Waals surface area (Å²) in [5.41, 5.74) is 15.2. The molecule has 4 heterocycles. The fourth-order valence-electron chi connectivity index (χ4n) is 3.74. The summed E-state index contributed by atoms with van der Waals surface area (Å²) in [4.78, 5) is 33.8. The number of fused-ring (bicyclic) bond motifs is 2. The zero-order valence-corrected chi connectivity index (χ0v) is 22.9. The smallest absolute Gasteiger partial charge is 0.383 e. The monoisotopic (exact) mass is 629 g/mol. The van der Waals surface area contributed by atoms with Gasteiger partial charge in [0.25, 0.3) is 0 Å². The number of nitrogens with zero attached hydrogens (tertiary/aromatic N) is 6. The maximum absolute atomic E-state index is 8.25. The van der Waals surface area contributed by atoms with Crippen LogP contribution in [-0.2, 0) is 17.1 Å². The number of rotatable bonds is 2. The Balaban J connectivity index is 0.000000237. The third kappa shape index (κ3) is 10.2. The molecule has 1 radical (unpaired) electrons. The van der Waals surface area contributed by atoms with E-state index in [1.807, 2.05) is 97.1 Å². The number of hydrogen-bond donors (Lipinski definition) is 2. The van der Waals surface area contributed by atoms with Crippen molar-refractivity contribution in [3.05, 3.63) is 140 Å². The van der Waals surface area contributed by atoms with Gasteiger partial charge in [-0.25, -0.2) is 9.97 Å². The van der Waals surface area contributed by atoms with Gasteiger partial charge in [0.05, 0.1) is 32.9 Å². The van der Waals surface area contributed by atoms with Crippen LogP contribution >= 0.6 is 0 Å². The molecular formula is C28H22CuN8O6. The Morgan fingerprint density at radius 1 is 0.512 bits per heavy atom. The van der Waals surface area contributed by atoms with Crippen molar-refractivity contribution in [2.75, 3.05) is 11.5 Å². The number of hydrogen-bond acceptors (Lipinski definition) is 12. The Morgan fingerprint density at radius 3 is 1.16 bits per heavy atom. The second-order valence-corrected chi connectivity index (χ2v) is 8.10. The number of nitrogen functional groups attached to an aromatic ring is 2. The van der Waals surface area contributed by atoms with Gasteiger partial charge in [-0.3, -0.25) is 9.97 Å². The Morgan fingerprint density at radius 2 is 0.837 bits per heavy atom. The van der Waals surface area contributed by atoms with Gasteiger partial charge in [-0.05, 0) is 47.2 Å². The molecule has 0 aliphatic rings. The van der Waals surface area contributed by atoms with Crippen LogP contribution in [0, 0.1) is 30.6 Å². The molecule has 4 N–H and O–H groups in total. The van der Waals surface area contributed by atoms with Crippen molar-refractivity contribution in [3.63, 3.8) is 0 Å². The van der Waals surface area contributed by atoms with Crippen LogP contribution in [0.1, 0.15) is 0 Å². The molecule has 221 valence electrons. The Bertz CT molecular complexity index is 1660. The summed E-state index contributed by atoms with van der Waals surface area (Å²) in [7, 11) is 0. The molecule has 0 saturated heterocycles. The van der Waals surface area contributed by atoms with E-state index in [2.05, 4.69) is 19.9 Å². The molecule has 0 saturated carbocycles. The summed E-state index contributed by atoms with van der Waals surface area (Å²) < 4.78 is 0. The molecule has 15 heteroatoms. The van der Waals surface area contributed by atoms with E-state index in [-0.39, 0.29) is 17.1 Å². The summed E-state index contributed by atoms with van der Waals surface area (Å²) >= 11 is 0. The van der Waals surface area contributed by atoms with E-state index >= 15 is 0 Å². The van der Waals surface area contributed by atoms with E-state index in [0.29, 0.717) is 11.6 Å². The molecule has 0 amide bonds. The summed E-state index contributed by atoms with van der Waals surface area (Å²) in [6, 6.07) is 31.4. The molecule has 0 unspecified atom stereocenters. The van der Waals surface area contributed by atoms with Crippen LogP contribution in [0.25, 0.3) is 44.3 Å². The van der Waals surface area contributed by atoms with E-state index in [1.165, 1.54) is 0 Å². The van der Waals surface area contributed by atoms with E-state index in [4.69, 9.17) is 42.1 Å². The third-order valence-corrected chi connectivity index (χ3v) is 5.39. The minimum absolute atomic E-state index is 0. The molecule has 14 nitrogen and oxygen atoms in total. The molecule has 0 bridgehead atoms. The quantitative estimate of drug-likeness (QED) is 0.141. The fourth-order valence-corrected chi connectivity index (χ4v) is 3.74. The van der Waals surface area contributed by atoms with Gasteiger partial charge in [0.15, 0.2) is 0 Å². The maximum atomic E-state index is 8.25. The van der Waals surface area contributed by atoms with Crippen LogP contribution in [-0.4, -0.2) is 30.1 Å². The Kier molecular flexibility index (Phi) is 12.7. The van der Waals surface area contributed by atoms with Crippen LogP contribution in [0.15, 0.2) is 109 Å². The molecule has 0 aliphatic carbocycles. The second-order valence-electron chi connectivity index (χ2n) is 8.10. The molecule has 43 heavy (non-hydrogen) atoms. The Hall–Kier alpha value is -5.92. The predicted octanol–water partition coefficient (Wildman–Crippen LogP) is 5.28. The molecule has 6 aromatic rings. The van der Waals surface area contributed by atoms with Gasteiger partial charge in [-0.15, -0.1) is 0 Å². The van der Waals surface area contributed by atoms with E-state index in [0.717, 1.165) is 44.3 Å². The minimum Gasteiger partial charge on any atom is -0.383 e. The fraction of sp³-hybridized carbons (Fsp3) is 0. The first-order valence-electron chi connectivity index (χ1n) is 11.9. The summed E-state index contributed by atoms with van der Waals surface area (Å²) in [5, 5.41) is 33.6. The number of benzene rings is 2. The average molecular weight is 630 g/mol. The zero-order chi connectivity index (χ0) is 30.5. The molecule has 2 aromatic carbocycles.